The zero-order valence-corrected chi connectivity index (χ0v) is 9.61. The van der Waals surface area contributed by atoms with Crippen molar-refractivity contribution in [3.63, 3.8) is 0 Å². The molecule has 0 saturated carbocycles. The topological polar surface area (TPSA) is 66.8 Å². The molecule has 0 aliphatic rings. The predicted octanol–water partition coefficient (Wildman–Crippen LogP) is 2.73. The summed E-state index contributed by atoms with van der Waals surface area (Å²) in [7, 11) is 0. The average molecular weight is 250 g/mol. The highest BCUT2D eigenvalue weighted by atomic mass is 32.1. The van der Waals surface area contributed by atoms with Gasteiger partial charge in [-0.3, -0.25) is 0 Å². The third kappa shape index (κ3) is 2.76. The molecule has 0 radical (unpaired) electrons. The second-order valence-electron chi connectivity index (χ2n) is 3.37. The molecule has 88 valence electrons. The Bertz CT molecular complexity index is 516. The first-order chi connectivity index (χ1) is 8.16. The molecule has 0 atom stereocenters. The minimum absolute atomic E-state index is 0.190. The second kappa shape index (κ2) is 4.88. The molecule has 0 bridgehead atoms. The Balaban J connectivity index is 2.05. The van der Waals surface area contributed by atoms with E-state index in [4.69, 9.17) is 14.9 Å². The first-order valence-corrected chi connectivity index (χ1v) is 5.76. The lowest BCUT2D eigenvalue weighted by Crippen LogP contribution is -1.99. The van der Waals surface area contributed by atoms with Crippen LogP contribution in [0.2, 0.25) is 0 Å². The zero-order valence-electron chi connectivity index (χ0n) is 8.79. The molecule has 1 aromatic heterocycles. The van der Waals surface area contributed by atoms with Crippen LogP contribution in [0.1, 0.15) is 15.2 Å². The summed E-state index contributed by atoms with van der Waals surface area (Å²) in [5, 5.41) is 19.7. The summed E-state index contributed by atoms with van der Waals surface area (Å²) in [6.45, 7) is 0.275. The summed E-state index contributed by atoms with van der Waals surface area (Å²) >= 11 is 1.13. The second-order valence-corrected chi connectivity index (χ2v) is 4.29. The highest BCUT2D eigenvalue weighted by molar-refractivity contribution is 7.12. The molecule has 0 fully saturated rings. The third-order valence-corrected chi connectivity index (χ3v) is 3.04. The summed E-state index contributed by atoms with van der Waals surface area (Å²) < 4.78 is 5.41. The standard InChI is InChI=1S/C12H10O4S/c13-9-3-1-8(2-4-9)7-16-10-5-6-17-11(10)12(14)15/h1-6,13H,7H2,(H,14,15). The Hall–Kier alpha value is -2.01. The van der Waals surface area contributed by atoms with Gasteiger partial charge in [0, 0.05) is 0 Å². The molecule has 1 aromatic carbocycles. The number of carboxylic acids is 1. The van der Waals surface area contributed by atoms with Crippen molar-refractivity contribution in [1.82, 2.24) is 0 Å². The van der Waals surface area contributed by atoms with E-state index in [9.17, 15) is 4.79 Å². The number of carboxylic acid groups (broad SMARTS) is 1. The van der Waals surface area contributed by atoms with Gasteiger partial charge in [0.15, 0.2) is 4.88 Å². The highest BCUT2D eigenvalue weighted by Gasteiger charge is 2.12. The van der Waals surface area contributed by atoms with Gasteiger partial charge in [0.05, 0.1) is 0 Å². The van der Waals surface area contributed by atoms with Crippen molar-refractivity contribution in [2.24, 2.45) is 0 Å². The van der Waals surface area contributed by atoms with Crippen LogP contribution in [0.4, 0.5) is 0 Å². The fourth-order valence-electron chi connectivity index (χ4n) is 1.32. The number of ether oxygens (including phenoxy) is 1. The van der Waals surface area contributed by atoms with Gasteiger partial charge in [-0.1, -0.05) is 12.1 Å². The van der Waals surface area contributed by atoms with E-state index in [0.717, 1.165) is 16.9 Å². The van der Waals surface area contributed by atoms with Crippen LogP contribution >= 0.6 is 11.3 Å². The van der Waals surface area contributed by atoms with Crippen LogP contribution in [-0.4, -0.2) is 16.2 Å². The summed E-state index contributed by atoms with van der Waals surface area (Å²) in [5.74, 6) is -0.424. The van der Waals surface area contributed by atoms with E-state index in [1.165, 1.54) is 0 Å². The maximum atomic E-state index is 10.8. The summed E-state index contributed by atoms with van der Waals surface area (Å²) in [4.78, 5) is 11.0. The van der Waals surface area contributed by atoms with Crippen LogP contribution in [0.5, 0.6) is 11.5 Å². The van der Waals surface area contributed by atoms with Crippen LogP contribution in [0.15, 0.2) is 35.7 Å². The van der Waals surface area contributed by atoms with Crippen molar-refractivity contribution in [2.75, 3.05) is 0 Å². The maximum absolute atomic E-state index is 10.8. The Morgan fingerprint density at radius 2 is 1.94 bits per heavy atom. The zero-order chi connectivity index (χ0) is 12.3. The molecule has 4 nitrogen and oxygen atoms in total. The molecule has 2 rings (SSSR count). The van der Waals surface area contributed by atoms with Crippen LogP contribution in [-0.2, 0) is 6.61 Å². The average Bonchev–Trinajstić information content (AvgIpc) is 2.76. The molecule has 17 heavy (non-hydrogen) atoms. The number of carbonyl (C=O) groups is 1. The number of thiophene rings is 1. The van der Waals surface area contributed by atoms with E-state index in [-0.39, 0.29) is 17.2 Å². The molecule has 0 saturated heterocycles. The lowest BCUT2D eigenvalue weighted by Gasteiger charge is -2.05. The molecular formula is C12H10O4S. The Kier molecular flexibility index (Phi) is 3.30. The lowest BCUT2D eigenvalue weighted by atomic mass is 10.2. The van der Waals surface area contributed by atoms with E-state index in [1.54, 1.807) is 35.7 Å². The first kappa shape index (κ1) is 11.5. The van der Waals surface area contributed by atoms with Gasteiger partial charge in [-0.2, -0.15) is 0 Å². The quantitative estimate of drug-likeness (QED) is 0.875. The van der Waals surface area contributed by atoms with Gasteiger partial charge >= 0.3 is 5.97 Å². The van der Waals surface area contributed by atoms with E-state index in [0.29, 0.717) is 5.75 Å². The smallest absolute Gasteiger partial charge is 0.349 e. The number of rotatable bonds is 4. The fourth-order valence-corrected chi connectivity index (χ4v) is 1.99. The van der Waals surface area contributed by atoms with Crippen LogP contribution in [0, 0.1) is 0 Å². The Labute approximate surface area is 102 Å². The third-order valence-electron chi connectivity index (χ3n) is 2.15. The Morgan fingerprint density at radius 1 is 1.24 bits per heavy atom. The van der Waals surface area contributed by atoms with Crippen molar-refractivity contribution >= 4 is 17.3 Å². The van der Waals surface area contributed by atoms with E-state index in [1.807, 2.05) is 0 Å². The minimum atomic E-state index is -0.985. The lowest BCUT2D eigenvalue weighted by molar-refractivity contribution is 0.0697. The summed E-state index contributed by atoms with van der Waals surface area (Å²) in [6.07, 6.45) is 0. The number of aromatic hydroxyl groups is 1. The number of benzene rings is 1. The molecule has 0 spiro atoms. The predicted molar refractivity (Wildman–Crippen MR) is 63.7 cm³/mol. The van der Waals surface area contributed by atoms with Gasteiger partial charge in [-0.05, 0) is 29.1 Å². The molecule has 2 aromatic rings. The van der Waals surface area contributed by atoms with Crippen molar-refractivity contribution in [1.29, 1.82) is 0 Å². The van der Waals surface area contributed by atoms with E-state index in [2.05, 4.69) is 0 Å². The van der Waals surface area contributed by atoms with Gasteiger partial charge in [0.2, 0.25) is 0 Å². The number of hydrogen-bond acceptors (Lipinski definition) is 4. The molecule has 5 heteroatoms. The number of hydrogen-bond donors (Lipinski definition) is 2. The number of phenolic OH excluding ortho intramolecular Hbond substituents is 1. The molecule has 2 N–H and O–H groups in total. The van der Waals surface area contributed by atoms with Crippen molar-refractivity contribution < 1.29 is 19.7 Å². The summed E-state index contributed by atoms with van der Waals surface area (Å²) in [5.41, 5.74) is 0.866. The van der Waals surface area contributed by atoms with Gasteiger partial charge < -0.3 is 14.9 Å². The fraction of sp³-hybridized carbons (Fsp3) is 0.0833. The van der Waals surface area contributed by atoms with Crippen molar-refractivity contribution in [2.45, 2.75) is 6.61 Å². The molecule has 0 amide bonds. The minimum Gasteiger partial charge on any atom is -0.508 e. The first-order valence-electron chi connectivity index (χ1n) is 4.88. The van der Waals surface area contributed by atoms with Crippen LogP contribution in [0.25, 0.3) is 0 Å². The summed E-state index contributed by atoms with van der Waals surface area (Å²) in [6, 6.07) is 8.20. The Morgan fingerprint density at radius 3 is 2.59 bits per heavy atom. The maximum Gasteiger partial charge on any atom is 0.349 e. The molecule has 0 aliphatic heterocycles. The van der Waals surface area contributed by atoms with Gasteiger partial charge in [-0.15, -0.1) is 11.3 Å². The normalized spacial score (nSPS) is 10.1. The highest BCUT2D eigenvalue weighted by Crippen LogP contribution is 2.25. The number of aromatic carboxylic acids is 1. The van der Waals surface area contributed by atoms with Gasteiger partial charge in [-0.25, -0.2) is 4.79 Å². The van der Waals surface area contributed by atoms with Crippen LogP contribution < -0.4 is 4.74 Å². The van der Waals surface area contributed by atoms with Crippen LogP contribution in [0.3, 0.4) is 0 Å². The molecular weight excluding hydrogens is 240 g/mol. The SMILES string of the molecule is O=C(O)c1sccc1OCc1ccc(O)cc1. The molecule has 0 unspecified atom stereocenters. The van der Waals surface area contributed by atoms with Crippen molar-refractivity contribution in [3.8, 4) is 11.5 Å². The monoisotopic (exact) mass is 250 g/mol. The number of phenols is 1. The van der Waals surface area contributed by atoms with E-state index < -0.39 is 5.97 Å². The molecule has 1 heterocycles. The largest absolute Gasteiger partial charge is 0.508 e. The van der Waals surface area contributed by atoms with Crippen molar-refractivity contribution in [3.05, 3.63) is 46.2 Å². The van der Waals surface area contributed by atoms with Gasteiger partial charge in [0.1, 0.15) is 18.1 Å². The van der Waals surface area contributed by atoms with Gasteiger partial charge in [0.25, 0.3) is 0 Å². The van der Waals surface area contributed by atoms with E-state index >= 15 is 0 Å². The molecule has 0 aliphatic carbocycles.